The SMILES string of the molecule is COc1ccc(-c2noc(CN(C)C(=O)COc3ccccc3)n2)cc1. The molecule has 0 fully saturated rings. The van der Waals surface area contributed by atoms with Gasteiger partial charge in [-0.2, -0.15) is 4.98 Å². The molecular weight excluding hydrogens is 334 g/mol. The number of methoxy groups -OCH3 is 1. The van der Waals surface area contributed by atoms with Crippen molar-refractivity contribution in [3.8, 4) is 22.9 Å². The fourth-order valence-corrected chi connectivity index (χ4v) is 2.24. The molecular formula is C19H19N3O4. The van der Waals surface area contributed by atoms with Crippen LogP contribution in [0.15, 0.2) is 59.1 Å². The van der Waals surface area contributed by atoms with E-state index in [2.05, 4.69) is 10.1 Å². The Kier molecular flexibility index (Phi) is 5.48. The maximum absolute atomic E-state index is 12.2. The van der Waals surface area contributed by atoms with Gasteiger partial charge < -0.3 is 18.9 Å². The first-order valence-electron chi connectivity index (χ1n) is 8.04. The quantitative estimate of drug-likeness (QED) is 0.650. The third-order valence-electron chi connectivity index (χ3n) is 3.72. The molecule has 0 radical (unpaired) electrons. The average molecular weight is 353 g/mol. The third kappa shape index (κ3) is 4.38. The minimum atomic E-state index is -0.182. The molecule has 134 valence electrons. The van der Waals surface area contributed by atoms with Crippen LogP contribution in [0, 0.1) is 0 Å². The Hall–Kier alpha value is -3.35. The summed E-state index contributed by atoms with van der Waals surface area (Å²) in [5, 5.41) is 3.95. The molecule has 0 N–H and O–H groups in total. The van der Waals surface area contributed by atoms with E-state index in [4.69, 9.17) is 14.0 Å². The summed E-state index contributed by atoms with van der Waals surface area (Å²) >= 11 is 0. The highest BCUT2D eigenvalue weighted by Crippen LogP contribution is 2.20. The van der Waals surface area contributed by atoms with Gasteiger partial charge in [0.25, 0.3) is 5.91 Å². The fourth-order valence-electron chi connectivity index (χ4n) is 2.24. The van der Waals surface area contributed by atoms with E-state index in [1.165, 1.54) is 4.90 Å². The summed E-state index contributed by atoms with van der Waals surface area (Å²) in [6.07, 6.45) is 0. The molecule has 2 aromatic carbocycles. The zero-order chi connectivity index (χ0) is 18.4. The first-order valence-corrected chi connectivity index (χ1v) is 8.04. The predicted molar refractivity (Wildman–Crippen MR) is 94.7 cm³/mol. The number of benzene rings is 2. The van der Waals surface area contributed by atoms with Crippen LogP contribution < -0.4 is 9.47 Å². The van der Waals surface area contributed by atoms with Crippen LogP contribution in [0.25, 0.3) is 11.4 Å². The maximum Gasteiger partial charge on any atom is 0.260 e. The lowest BCUT2D eigenvalue weighted by molar-refractivity contribution is -0.132. The lowest BCUT2D eigenvalue weighted by Gasteiger charge is -2.15. The molecule has 0 aliphatic carbocycles. The second-order valence-electron chi connectivity index (χ2n) is 5.59. The van der Waals surface area contributed by atoms with Gasteiger partial charge in [-0.25, -0.2) is 0 Å². The van der Waals surface area contributed by atoms with Gasteiger partial charge in [0.2, 0.25) is 11.7 Å². The van der Waals surface area contributed by atoms with Gasteiger partial charge in [-0.05, 0) is 36.4 Å². The third-order valence-corrected chi connectivity index (χ3v) is 3.72. The van der Waals surface area contributed by atoms with Crippen molar-refractivity contribution in [1.29, 1.82) is 0 Å². The lowest BCUT2D eigenvalue weighted by Crippen LogP contribution is -2.31. The number of rotatable bonds is 7. The van der Waals surface area contributed by atoms with Crippen molar-refractivity contribution >= 4 is 5.91 Å². The molecule has 3 aromatic rings. The molecule has 3 rings (SSSR count). The standard InChI is InChI=1S/C19H19N3O4/c1-22(18(23)13-25-16-6-4-3-5-7-16)12-17-20-19(21-26-17)14-8-10-15(24-2)11-9-14/h3-11H,12-13H2,1-2H3. The molecule has 7 nitrogen and oxygen atoms in total. The van der Waals surface area contributed by atoms with Crippen LogP contribution in [-0.2, 0) is 11.3 Å². The van der Waals surface area contributed by atoms with Crippen molar-refractivity contribution < 1.29 is 18.8 Å². The molecule has 0 saturated carbocycles. The summed E-state index contributed by atoms with van der Waals surface area (Å²) in [5.41, 5.74) is 0.808. The van der Waals surface area contributed by atoms with Gasteiger partial charge in [0.05, 0.1) is 13.7 Å². The number of likely N-dealkylation sites (N-methyl/N-ethyl adjacent to an activating group) is 1. The van der Waals surface area contributed by atoms with Crippen molar-refractivity contribution in [2.45, 2.75) is 6.54 Å². The largest absolute Gasteiger partial charge is 0.497 e. The predicted octanol–water partition coefficient (Wildman–Crippen LogP) is 2.78. The summed E-state index contributed by atoms with van der Waals surface area (Å²) in [5.74, 6) is 2.03. The molecule has 0 saturated heterocycles. The Morgan fingerprint density at radius 1 is 1.08 bits per heavy atom. The second kappa shape index (κ2) is 8.15. The van der Waals surface area contributed by atoms with Gasteiger partial charge in [0.1, 0.15) is 11.5 Å². The summed E-state index contributed by atoms with van der Waals surface area (Å²) in [7, 11) is 3.27. The number of aromatic nitrogens is 2. The number of nitrogens with zero attached hydrogens (tertiary/aromatic N) is 3. The van der Waals surface area contributed by atoms with Crippen LogP contribution in [0.2, 0.25) is 0 Å². The van der Waals surface area contributed by atoms with E-state index in [1.807, 2.05) is 42.5 Å². The Balaban J connectivity index is 1.56. The van der Waals surface area contributed by atoms with Gasteiger partial charge in [-0.3, -0.25) is 4.79 Å². The summed E-state index contributed by atoms with van der Waals surface area (Å²) in [6, 6.07) is 16.5. The number of hydrogen-bond acceptors (Lipinski definition) is 6. The van der Waals surface area contributed by atoms with Gasteiger partial charge in [-0.15, -0.1) is 0 Å². The second-order valence-corrected chi connectivity index (χ2v) is 5.59. The molecule has 0 bridgehead atoms. The van der Waals surface area contributed by atoms with Crippen LogP contribution in [-0.4, -0.2) is 41.7 Å². The molecule has 7 heteroatoms. The van der Waals surface area contributed by atoms with Crippen LogP contribution >= 0.6 is 0 Å². The van der Waals surface area contributed by atoms with E-state index in [1.54, 1.807) is 26.3 Å². The molecule has 26 heavy (non-hydrogen) atoms. The van der Waals surface area contributed by atoms with Crippen molar-refractivity contribution in [2.75, 3.05) is 20.8 Å². The fraction of sp³-hybridized carbons (Fsp3) is 0.211. The van der Waals surface area contributed by atoms with Crippen molar-refractivity contribution in [3.05, 3.63) is 60.5 Å². The number of ether oxygens (including phenoxy) is 2. The average Bonchev–Trinajstić information content (AvgIpc) is 3.15. The molecule has 1 heterocycles. The first kappa shape index (κ1) is 17.5. The number of para-hydroxylation sites is 1. The highest BCUT2D eigenvalue weighted by molar-refractivity contribution is 5.77. The molecule has 1 amide bonds. The monoisotopic (exact) mass is 353 g/mol. The van der Waals surface area contributed by atoms with Crippen molar-refractivity contribution in [3.63, 3.8) is 0 Å². The maximum atomic E-state index is 12.2. The Morgan fingerprint density at radius 2 is 1.81 bits per heavy atom. The van der Waals surface area contributed by atoms with E-state index in [9.17, 15) is 4.79 Å². The zero-order valence-corrected chi connectivity index (χ0v) is 14.6. The Bertz CT molecular complexity index is 847. The van der Waals surface area contributed by atoms with Crippen LogP contribution in [0.4, 0.5) is 0 Å². The van der Waals surface area contributed by atoms with E-state index in [0.29, 0.717) is 17.5 Å². The summed E-state index contributed by atoms with van der Waals surface area (Å²) < 4.78 is 15.8. The highest BCUT2D eigenvalue weighted by atomic mass is 16.5. The van der Waals surface area contributed by atoms with Crippen LogP contribution in [0.1, 0.15) is 5.89 Å². The molecule has 0 spiro atoms. The van der Waals surface area contributed by atoms with Gasteiger partial charge in [0.15, 0.2) is 6.61 Å². The molecule has 0 unspecified atom stereocenters. The molecule has 0 atom stereocenters. The van der Waals surface area contributed by atoms with Crippen LogP contribution in [0.5, 0.6) is 11.5 Å². The number of hydrogen-bond donors (Lipinski definition) is 0. The lowest BCUT2D eigenvalue weighted by atomic mass is 10.2. The van der Waals surface area contributed by atoms with E-state index in [-0.39, 0.29) is 19.1 Å². The van der Waals surface area contributed by atoms with Gasteiger partial charge in [0, 0.05) is 12.6 Å². The van der Waals surface area contributed by atoms with Crippen molar-refractivity contribution in [2.24, 2.45) is 0 Å². The zero-order valence-electron chi connectivity index (χ0n) is 14.6. The van der Waals surface area contributed by atoms with Crippen molar-refractivity contribution in [1.82, 2.24) is 15.0 Å². The Labute approximate surface area is 151 Å². The summed E-state index contributed by atoms with van der Waals surface area (Å²) in [6.45, 7) is 0.153. The minimum Gasteiger partial charge on any atom is -0.497 e. The molecule has 0 aliphatic rings. The summed E-state index contributed by atoms with van der Waals surface area (Å²) in [4.78, 5) is 18.0. The van der Waals surface area contributed by atoms with E-state index < -0.39 is 0 Å². The number of carbonyl (C=O) groups excluding carboxylic acids is 1. The van der Waals surface area contributed by atoms with Gasteiger partial charge >= 0.3 is 0 Å². The highest BCUT2D eigenvalue weighted by Gasteiger charge is 2.15. The van der Waals surface area contributed by atoms with Gasteiger partial charge in [-0.1, -0.05) is 23.4 Å². The topological polar surface area (TPSA) is 77.7 Å². The molecule has 1 aromatic heterocycles. The smallest absolute Gasteiger partial charge is 0.260 e. The Morgan fingerprint density at radius 3 is 2.50 bits per heavy atom. The first-order chi connectivity index (χ1) is 12.7. The van der Waals surface area contributed by atoms with E-state index >= 15 is 0 Å². The normalized spacial score (nSPS) is 10.4. The molecule has 0 aliphatic heterocycles. The number of carbonyl (C=O) groups is 1. The minimum absolute atomic E-state index is 0.0556. The number of amides is 1. The van der Waals surface area contributed by atoms with Crippen LogP contribution in [0.3, 0.4) is 0 Å². The van der Waals surface area contributed by atoms with E-state index in [0.717, 1.165) is 11.3 Å².